The Balaban J connectivity index is 1.24. The first kappa shape index (κ1) is 23.2. The average molecular weight is 487 g/mol. The number of sulfonamides is 1. The molecule has 1 aliphatic heterocycles. The van der Waals surface area contributed by atoms with Crippen molar-refractivity contribution < 1.29 is 13.2 Å². The molecule has 1 amide bonds. The second-order valence-electron chi connectivity index (χ2n) is 8.08. The topological polar surface area (TPSA) is 104 Å². The molecule has 0 atom stereocenters. The molecule has 174 valence electrons. The molecule has 2 N–H and O–H groups in total. The molecule has 1 fully saturated rings. The van der Waals surface area contributed by atoms with Crippen LogP contribution in [0.4, 0.5) is 11.4 Å². The lowest BCUT2D eigenvalue weighted by Crippen LogP contribution is -2.24. The fourth-order valence-corrected chi connectivity index (χ4v) is 5.85. The number of amides is 1. The van der Waals surface area contributed by atoms with E-state index in [4.69, 9.17) is 12.2 Å². The summed E-state index contributed by atoms with van der Waals surface area (Å²) in [6.07, 6.45) is 3.20. The van der Waals surface area contributed by atoms with Crippen LogP contribution in [0.3, 0.4) is 0 Å². The number of nitrogens with one attached hydrogen (secondary N) is 2. The molecule has 0 bridgehead atoms. The van der Waals surface area contributed by atoms with Gasteiger partial charge in [0.25, 0.3) is 5.56 Å². The number of fused-ring (bicyclic) bond motifs is 1. The molecular weight excluding hydrogens is 460 g/mol. The molecule has 0 saturated carbocycles. The Morgan fingerprint density at radius 2 is 1.82 bits per heavy atom. The first-order valence-corrected chi connectivity index (χ1v) is 13.0. The second-order valence-corrected chi connectivity index (χ2v) is 10.5. The minimum absolute atomic E-state index is 0.0997. The van der Waals surface area contributed by atoms with Gasteiger partial charge in [0, 0.05) is 25.2 Å². The van der Waals surface area contributed by atoms with Crippen LogP contribution in [-0.4, -0.2) is 36.2 Å². The smallest absolute Gasteiger partial charge is 0.262 e. The Morgan fingerprint density at radius 1 is 1.06 bits per heavy atom. The van der Waals surface area contributed by atoms with Crippen molar-refractivity contribution in [1.82, 2.24) is 9.55 Å². The van der Waals surface area contributed by atoms with E-state index in [1.807, 2.05) is 18.2 Å². The summed E-state index contributed by atoms with van der Waals surface area (Å²) in [5.41, 5.74) is 1.88. The molecule has 1 aromatic heterocycles. The monoisotopic (exact) mass is 486 g/mol. The van der Waals surface area contributed by atoms with Crippen molar-refractivity contribution in [1.29, 1.82) is 0 Å². The third kappa shape index (κ3) is 5.33. The van der Waals surface area contributed by atoms with Crippen LogP contribution in [0.2, 0.25) is 0 Å². The van der Waals surface area contributed by atoms with Crippen LogP contribution in [0.15, 0.2) is 53.3 Å². The minimum atomic E-state index is -3.21. The zero-order chi connectivity index (χ0) is 23.4. The van der Waals surface area contributed by atoms with Crippen LogP contribution >= 0.6 is 12.2 Å². The van der Waals surface area contributed by atoms with Crippen molar-refractivity contribution in [3.63, 3.8) is 0 Å². The van der Waals surface area contributed by atoms with Crippen LogP contribution in [0.1, 0.15) is 32.1 Å². The third-order valence-corrected chi connectivity index (χ3v) is 7.91. The van der Waals surface area contributed by atoms with Crippen molar-refractivity contribution in [3.8, 4) is 0 Å². The highest BCUT2D eigenvalue weighted by molar-refractivity contribution is 7.93. The fourth-order valence-electron chi connectivity index (χ4n) is 4.00. The van der Waals surface area contributed by atoms with Crippen molar-refractivity contribution >= 4 is 50.4 Å². The highest BCUT2D eigenvalue weighted by Gasteiger charge is 2.28. The maximum absolute atomic E-state index is 12.6. The number of unbranched alkanes of at least 4 members (excludes halogenated alkanes) is 2. The Bertz CT molecular complexity index is 1380. The largest absolute Gasteiger partial charge is 0.332 e. The summed E-state index contributed by atoms with van der Waals surface area (Å²) in [4.78, 5) is 28.0. The van der Waals surface area contributed by atoms with E-state index in [9.17, 15) is 18.0 Å². The number of rotatable bonds is 8. The first-order valence-electron chi connectivity index (χ1n) is 11.0. The summed E-state index contributed by atoms with van der Waals surface area (Å²) < 4.78 is 27.4. The van der Waals surface area contributed by atoms with Crippen LogP contribution in [0, 0.1) is 4.77 Å². The van der Waals surface area contributed by atoms with Gasteiger partial charge in [-0.1, -0.05) is 18.6 Å². The molecular formula is C23H26N4O4S2. The van der Waals surface area contributed by atoms with Crippen LogP contribution < -0.4 is 15.2 Å². The maximum atomic E-state index is 12.6. The van der Waals surface area contributed by atoms with Gasteiger partial charge in [0.05, 0.1) is 22.3 Å². The lowest BCUT2D eigenvalue weighted by molar-refractivity contribution is -0.116. The Kier molecular flexibility index (Phi) is 6.94. The lowest BCUT2D eigenvalue weighted by atomic mass is 10.1. The van der Waals surface area contributed by atoms with Crippen LogP contribution in [0.5, 0.6) is 0 Å². The third-order valence-electron chi connectivity index (χ3n) is 5.71. The Labute approximate surface area is 197 Å². The van der Waals surface area contributed by atoms with Crippen LogP contribution in [0.25, 0.3) is 10.9 Å². The quantitative estimate of drug-likeness (QED) is 0.372. The van der Waals surface area contributed by atoms with E-state index in [2.05, 4.69) is 10.3 Å². The number of nitrogens with zero attached hydrogens (tertiary/aromatic N) is 2. The molecule has 0 unspecified atom stereocenters. The first-order chi connectivity index (χ1) is 15.8. The molecule has 33 heavy (non-hydrogen) atoms. The summed E-state index contributed by atoms with van der Waals surface area (Å²) in [5.74, 6) is 0.0733. The molecule has 4 rings (SSSR count). The van der Waals surface area contributed by atoms with E-state index in [0.717, 1.165) is 18.4 Å². The van der Waals surface area contributed by atoms with Gasteiger partial charge in [-0.2, -0.15) is 0 Å². The molecule has 3 aromatic rings. The van der Waals surface area contributed by atoms with Gasteiger partial charge in [0.15, 0.2) is 4.77 Å². The normalized spacial score (nSPS) is 15.1. The highest BCUT2D eigenvalue weighted by Crippen LogP contribution is 2.25. The molecule has 2 aromatic carbocycles. The molecule has 0 spiro atoms. The van der Waals surface area contributed by atoms with Crippen molar-refractivity contribution in [3.05, 3.63) is 63.7 Å². The molecule has 0 aliphatic carbocycles. The number of anilines is 2. The molecule has 1 aliphatic rings. The minimum Gasteiger partial charge on any atom is -0.332 e. The van der Waals surface area contributed by atoms with E-state index in [1.165, 1.54) is 4.31 Å². The van der Waals surface area contributed by atoms with E-state index in [1.54, 1.807) is 34.9 Å². The highest BCUT2D eigenvalue weighted by atomic mass is 32.2. The predicted octanol–water partition coefficient (Wildman–Crippen LogP) is 3.80. The van der Waals surface area contributed by atoms with Gasteiger partial charge in [-0.05, 0) is 67.9 Å². The van der Waals surface area contributed by atoms with E-state index in [0.29, 0.717) is 53.9 Å². The SMILES string of the molecule is O=C(CCCCCn1c(=S)[nH]c2ccccc2c1=O)Nc1ccc(N2CCCS2(=O)=O)cc1. The summed E-state index contributed by atoms with van der Waals surface area (Å²) in [6, 6.07) is 14.1. The summed E-state index contributed by atoms with van der Waals surface area (Å²) in [6.45, 7) is 0.992. The van der Waals surface area contributed by atoms with Gasteiger partial charge < -0.3 is 10.3 Å². The zero-order valence-electron chi connectivity index (χ0n) is 18.1. The average Bonchev–Trinajstić information content (AvgIpc) is 3.15. The summed E-state index contributed by atoms with van der Waals surface area (Å²) in [7, 11) is -3.21. The number of carbonyl (C=O) groups excluding carboxylic acids is 1. The second kappa shape index (κ2) is 9.88. The number of aromatic nitrogens is 2. The zero-order valence-corrected chi connectivity index (χ0v) is 19.8. The van der Waals surface area contributed by atoms with Crippen molar-refractivity contribution in [2.75, 3.05) is 21.9 Å². The maximum Gasteiger partial charge on any atom is 0.262 e. The van der Waals surface area contributed by atoms with E-state index < -0.39 is 10.0 Å². The van der Waals surface area contributed by atoms with Gasteiger partial charge in [-0.25, -0.2) is 8.42 Å². The Hall–Kier alpha value is -2.98. The number of aromatic amines is 1. The predicted molar refractivity (Wildman–Crippen MR) is 133 cm³/mol. The van der Waals surface area contributed by atoms with Crippen molar-refractivity contribution in [2.45, 2.75) is 38.6 Å². The molecule has 1 saturated heterocycles. The molecule has 10 heteroatoms. The van der Waals surface area contributed by atoms with Crippen LogP contribution in [-0.2, 0) is 21.4 Å². The van der Waals surface area contributed by atoms with Crippen molar-refractivity contribution in [2.24, 2.45) is 0 Å². The number of carbonyl (C=O) groups is 1. The standard InChI is InChI=1S/C23H26N4O4S2/c28-21(24-17-10-12-18(13-11-17)27-15-6-16-33(27,30)31)9-2-1-5-14-26-22(29)19-7-3-4-8-20(19)25-23(26)32/h3-4,7-8,10-13H,1-2,5-6,9,14-16H2,(H,24,28)(H,25,32). The van der Waals surface area contributed by atoms with Gasteiger partial charge >= 0.3 is 0 Å². The summed E-state index contributed by atoms with van der Waals surface area (Å²) >= 11 is 5.32. The van der Waals surface area contributed by atoms with Gasteiger partial charge in [-0.15, -0.1) is 0 Å². The number of H-pyrrole nitrogens is 1. The number of benzene rings is 2. The van der Waals surface area contributed by atoms with E-state index in [-0.39, 0.29) is 17.2 Å². The van der Waals surface area contributed by atoms with Gasteiger partial charge in [-0.3, -0.25) is 18.5 Å². The number of para-hydroxylation sites is 1. The van der Waals surface area contributed by atoms with E-state index >= 15 is 0 Å². The number of hydrogen-bond acceptors (Lipinski definition) is 5. The van der Waals surface area contributed by atoms with Gasteiger partial charge in [0.2, 0.25) is 15.9 Å². The lowest BCUT2D eigenvalue weighted by Gasteiger charge is -2.17. The molecule has 0 radical (unpaired) electrons. The molecule has 8 nitrogen and oxygen atoms in total. The summed E-state index contributed by atoms with van der Waals surface area (Å²) in [5, 5.41) is 3.45. The fraction of sp³-hybridized carbons (Fsp3) is 0.348. The Morgan fingerprint density at radius 3 is 2.55 bits per heavy atom. The molecule has 2 heterocycles. The number of hydrogen-bond donors (Lipinski definition) is 2. The van der Waals surface area contributed by atoms with Gasteiger partial charge in [0.1, 0.15) is 0 Å².